The zero-order chi connectivity index (χ0) is 15.2. The standard InChI is InChI=1S/C19H31NS/c1-5-12-20-18-11-8-16(14(2)3)13-19(18)21-17-9-6-15(4)7-10-17/h6-7,9-10,14,16,18-20H,5,8,11-13H2,1-4H3. The monoisotopic (exact) mass is 305 g/mol. The zero-order valence-electron chi connectivity index (χ0n) is 14.1. The van der Waals surface area contributed by atoms with E-state index in [2.05, 4.69) is 69.0 Å². The molecule has 0 amide bonds. The van der Waals surface area contributed by atoms with Gasteiger partial charge in [-0.3, -0.25) is 0 Å². The molecular weight excluding hydrogens is 274 g/mol. The van der Waals surface area contributed by atoms with E-state index in [0.29, 0.717) is 6.04 Å². The number of benzene rings is 1. The van der Waals surface area contributed by atoms with Crippen LogP contribution in [0.1, 0.15) is 52.0 Å². The van der Waals surface area contributed by atoms with E-state index in [0.717, 1.165) is 23.6 Å². The molecule has 0 spiro atoms. The number of nitrogens with one attached hydrogen (secondary N) is 1. The van der Waals surface area contributed by atoms with Crippen LogP contribution in [0.15, 0.2) is 29.2 Å². The maximum Gasteiger partial charge on any atom is 0.0251 e. The molecule has 1 aliphatic carbocycles. The highest BCUT2D eigenvalue weighted by Gasteiger charge is 2.32. The highest BCUT2D eigenvalue weighted by molar-refractivity contribution is 8.00. The molecule has 1 nitrogen and oxygen atoms in total. The van der Waals surface area contributed by atoms with Gasteiger partial charge in [-0.1, -0.05) is 38.5 Å². The van der Waals surface area contributed by atoms with E-state index in [-0.39, 0.29) is 0 Å². The Kier molecular flexibility index (Phi) is 6.63. The van der Waals surface area contributed by atoms with E-state index in [1.807, 2.05) is 0 Å². The largest absolute Gasteiger partial charge is 0.313 e. The van der Waals surface area contributed by atoms with Gasteiger partial charge in [0.2, 0.25) is 0 Å². The molecule has 2 rings (SSSR count). The molecule has 1 aromatic carbocycles. The molecule has 0 bridgehead atoms. The second-order valence-corrected chi connectivity index (χ2v) is 8.16. The van der Waals surface area contributed by atoms with Crippen molar-refractivity contribution in [3.8, 4) is 0 Å². The summed E-state index contributed by atoms with van der Waals surface area (Å²) in [6.07, 6.45) is 5.32. The number of hydrogen-bond donors (Lipinski definition) is 1. The molecule has 0 aliphatic heterocycles. The number of aryl methyl sites for hydroxylation is 1. The molecule has 1 saturated carbocycles. The first kappa shape index (κ1) is 16.9. The van der Waals surface area contributed by atoms with Crippen molar-refractivity contribution in [1.82, 2.24) is 5.32 Å². The van der Waals surface area contributed by atoms with Crippen molar-refractivity contribution in [3.05, 3.63) is 29.8 Å². The van der Waals surface area contributed by atoms with Gasteiger partial charge in [0.05, 0.1) is 0 Å². The summed E-state index contributed by atoms with van der Waals surface area (Å²) in [6.45, 7) is 10.3. The maximum atomic E-state index is 3.79. The Balaban J connectivity index is 2.03. The van der Waals surface area contributed by atoms with Gasteiger partial charge in [-0.05, 0) is 63.1 Å². The Morgan fingerprint density at radius 3 is 2.52 bits per heavy atom. The molecule has 0 heterocycles. The van der Waals surface area contributed by atoms with Crippen LogP contribution in [0, 0.1) is 18.8 Å². The van der Waals surface area contributed by atoms with Crippen molar-refractivity contribution in [2.75, 3.05) is 6.54 Å². The maximum absolute atomic E-state index is 3.79. The molecule has 0 saturated heterocycles. The van der Waals surface area contributed by atoms with Crippen LogP contribution in [0.2, 0.25) is 0 Å². The van der Waals surface area contributed by atoms with Crippen molar-refractivity contribution >= 4 is 11.8 Å². The molecule has 3 atom stereocenters. The van der Waals surface area contributed by atoms with Crippen LogP contribution in [0.5, 0.6) is 0 Å². The third kappa shape index (κ3) is 5.03. The summed E-state index contributed by atoms with van der Waals surface area (Å²) in [5.41, 5.74) is 1.35. The second-order valence-electron chi connectivity index (χ2n) is 6.85. The van der Waals surface area contributed by atoms with Gasteiger partial charge in [0, 0.05) is 16.2 Å². The zero-order valence-corrected chi connectivity index (χ0v) is 14.9. The summed E-state index contributed by atoms with van der Waals surface area (Å²) in [5.74, 6) is 1.71. The average Bonchev–Trinajstić information content (AvgIpc) is 2.48. The fourth-order valence-electron chi connectivity index (χ4n) is 3.25. The van der Waals surface area contributed by atoms with Gasteiger partial charge in [-0.25, -0.2) is 0 Å². The lowest BCUT2D eigenvalue weighted by atomic mass is 9.79. The normalized spacial score (nSPS) is 26.2. The molecular formula is C19H31NS. The van der Waals surface area contributed by atoms with E-state index in [4.69, 9.17) is 0 Å². The van der Waals surface area contributed by atoms with Crippen LogP contribution < -0.4 is 5.32 Å². The molecule has 0 aromatic heterocycles. The second kappa shape index (κ2) is 8.24. The van der Waals surface area contributed by atoms with Crippen LogP contribution in [0.3, 0.4) is 0 Å². The molecule has 1 aromatic rings. The molecule has 21 heavy (non-hydrogen) atoms. The van der Waals surface area contributed by atoms with E-state index < -0.39 is 0 Å². The first-order valence-electron chi connectivity index (χ1n) is 8.56. The summed E-state index contributed by atoms with van der Waals surface area (Å²) in [4.78, 5) is 1.43. The van der Waals surface area contributed by atoms with Crippen LogP contribution in [0.25, 0.3) is 0 Å². The third-order valence-electron chi connectivity index (χ3n) is 4.74. The predicted octanol–water partition coefficient (Wildman–Crippen LogP) is 5.28. The topological polar surface area (TPSA) is 12.0 Å². The van der Waals surface area contributed by atoms with Gasteiger partial charge in [0.15, 0.2) is 0 Å². The minimum absolute atomic E-state index is 0.686. The summed E-state index contributed by atoms with van der Waals surface area (Å²) in [7, 11) is 0. The fraction of sp³-hybridized carbons (Fsp3) is 0.684. The molecule has 1 N–H and O–H groups in total. The molecule has 2 heteroatoms. The van der Waals surface area contributed by atoms with Crippen LogP contribution >= 0.6 is 11.8 Å². The third-order valence-corrected chi connectivity index (χ3v) is 6.11. The molecule has 3 unspecified atom stereocenters. The summed E-state index contributed by atoms with van der Waals surface area (Å²) >= 11 is 2.09. The van der Waals surface area contributed by atoms with Crippen molar-refractivity contribution < 1.29 is 0 Å². The predicted molar refractivity (Wildman–Crippen MR) is 95.1 cm³/mol. The van der Waals surface area contributed by atoms with Crippen molar-refractivity contribution in [2.24, 2.45) is 11.8 Å². The van der Waals surface area contributed by atoms with E-state index in [1.165, 1.54) is 36.1 Å². The Hall–Kier alpha value is -0.470. The Morgan fingerprint density at radius 1 is 1.19 bits per heavy atom. The van der Waals surface area contributed by atoms with Crippen molar-refractivity contribution in [2.45, 2.75) is 69.6 Å². The fourth-order valence-corrected chi connectivity index (χ4v) is 4.63. The highest BCUT2D eigenvalue weighted by Crippen LogP contribution is 2.39. The van der Waals surface area contributed by atoms with Crippen molar-refractivity contribution in [3.63, 3.8) is 0 Å². The van der Waals surface area contributed by atoms with Gasteiger partial charge in [0.25, 0.3) is 0 Å². The number of thioether (sulfide) groups is 1. The number of hydrogen-bond acceptors (Lipinski definition) is 2. The van der Waals surface area contributed by atoms with E-state index in [9.17, 15) is 0 Å². The lowest BCUT2D eigenvalue weighted by Crippen LogP contribution is -2.43. The Morgan fingerprint density at radius 2 is 1.90 bits per heavy atom. The smallest absolute Gasteiger partial charge is 0.0251 e. The Bertz CT molecular complexity index is 412. The van der Waals surface area contributed by atoms with Gasteiger partial charge < -0.3 is 5.32 Å². The summed E-state index contributed by atoms with van der Waals surface area (Å²) in [5, 5.41) is 4.51. The van der Waals surface area contributed by atoms with Crippen LogP contribution in [-0.2, 0) is 0 Å². The van der Waals surface area contributed by atoms with Crippen LogP contribution in [0.4, 0.5) is 0 Å². The van der Waals surface area contributed by atoms with E-state index in [1.54, 1.807) is 0 Å². The Labute approximate surface area is 135 Å². The van der Waals surface area contributed by atoms with Gasteiger partial charge in [-0.2, -0.15) is 0 Å². The quantitative estimate of drug-likeness (QED) is 0.767. The number of rotatable bonds is 6. The summed E-state index contributed by atoms with van der Waals surface area (Å²) in [6, 6.07) is 9.73. The molecule has 1 fully saturated rings. The van der Waals surface area contributed by atoms with Gasteiger partial charge in [0.1, 0.15) is 0 Å². The molecule has 0 radical (unpaired) electrons. The summed E-state index contributed by atoms with van der Waals surface area (Å²) < 4.78 is 0. The van der Waals surface area contributed by atoms with E-state index >= 15 is 0 Å². The van der Waals surface area contributed by atoms with Crippen LogP contribution in [-0.4, -0.2) is 17.8 Å². The first-order valence-corrected chi connectivity index (χ1v) is 9.44. The highest BCUT2D eigenvalue weighted by atomic mass is 32.2. The van der Waals surface area contributed by atoms with Gasteiger partial charge in [-0.15, -0.1) is 11.8 Å². The lowest BCUT2D eigenvalue weighted by molar-refractivity contribution is 0.246. The first-order chi connectivity index (χ1) is 10.1. The van der Waals surface area contributed by atoms with Crippen molar-refractivity contribution in [1.29, 1.82) is 0 Å². The molecule has 1 aliphatic rings. The van der Waals surface area contributed by atoms with Gasteiger partial charge >= 0.3 is 0 Å². The minimum Gasteiger partial charge on any atom is -0.313 e. The molecule has 118 valence electrons. The average molecular weight is 306 g/mol. The lowest BCUT2D eigenvalue weighted by Gasteiger charge is -2.38. The minimum atomic E-state index is 0.686. The SMILES string of the molecule is CCCNC1CCC(C(C)C)CC1Sc1ccc(C)cc1.